The highest BCUT2D eigenvalue weighted by atomic mass is 32.1. The maximum Gasteiger partial charge on any atom is 0.248 e. The number of ether oxygens (including phenoxy) is 4. The van der Waals surface area contributed by atoms with Gasteiger partial charge in [0, 0.05) is 132 Å². The zero-order valence-electron chi connectivity index (χ0n) is 80.2. The quantitative estimate of drug-likeness (QED) is 0.0159. The number of aliphatic hydroxyl groups is 9. The van der Waals surface area contributed by atoms with E-state index >= 15 is 8.78 Å². The number of nitrogens with one attached hydrogen (secondary N) is 8. The van der Waals surface area contributed by atoms with Crippen LogP contribution in [0.5, 0.6) is 5.88 Å². The smallest absolute Gasteiger partial charge is 0.248 e. The van der Waals surface area contributed by atoms with Gasteiger partial charge in [-0.25, -0.2) is 62.4 Å². The molecule has 8 fully saturated rings. The maximum atomic E-state index is 15.4. The van der Waals surface area contributed by atoms with Gasteiger partial charge >= 0.3 is 0 Å². The number of nitrogens with zero attached hydrogens (tertiary/aromatic N) is 16. The number of fused-ring (bicyclic) bond motifs is 4. The zero-order valence-corrected chi connectivity index (χ0v) is 83.5. The first-order valence-electron chi connectivity index (χ1n) is 49.2. The number of thiazole rings is 4. The van der Waals surface area contributed by atoms with Gasteiger partial charge < -0.3 is 107 Å². The minimum Gasteiger partial charge on any atom is -0.470 e. The fraction of sp³-hybridized carbons (Fsp3) is 0.535. The number of hydrogen-bond donors (Lipinski definition) is 17. The minimum absolute atomic E-state index is 0.00423. The molecule has 16 atom stereocenters. The van der Waals surface area contributed by atoms with E-state index in [4.69, 9.17) is 93.7 Å². The molecule has 0 radical (unpaired) electrons. The molecule has 8 saturated carbocycles. The molecule has 17 N–H and O–H groups in total. The molecule has 37 nitrogen and oxygen atoms in total. The van der Waals surface area contributed by atoms with Crippen LogP contribution in [-0.4, -0.2) is 271 Å². The van der Waals surface area contributed by atoms with Gasteiger partial charge in [0.2, 0.25) is 35.6 Å². The average Bonchev–Trinajstić information content (AvgIpc) is 1.54. The number of alkyl halides is 2. The van der Waals surface area contributed by atoms with Crippen LogP contribution >= 0.6 is 45.3 Å². The lowest BCUT2D eigenvalue weighted by molar-refractivity contribution is -0.106. The van der Waals surface area contributed by atoms with Gasteiger partial charge in [-0.15, -0.1) is 45.3 Å². The number of aryl methyl sites for hydroxylation is 6. The van der Waals surface area contributed by atoms with Crippen molar-refractivity contribution < 1.29 is 82.5 Å². The summed E-state index contributed by atoms with van der Waals surface area (Å²) in [4.78, 5) is 79.3. The van der Waals surface area contributed by atoms with Gasteiger partial charge in [0.25, 0.3) is 0 Å². The number of methoxy groups -OCH3 is 1. The Morgan fingerprint density at radius 3 is 1.41 bits per heavy atom. The van der Waals surface area contributed by atoms with Gasteiger partial charge in [0.15, 0.2) is 0 Å². The Bertz CT molecular complexity index is 6890. The van der Waals surface area contributed by atoms with E-state index in [2.05, 4.69) is 47.5 Å². The van der Waals surface area contributed by atoms with Gasteiger partial charge in [-0.3, -0.25) is 15.0 Å². The molecular weight excluding hydrogens is 1940 g/mol. The van der Waals surface area contributed by atoms with Crippen LogP contribution in [0.4, 0.5) is 64.6 Å². The third-order valence-electron chi connectivity index (χ3n) is 30.1. The monoisotopic (exact) mass is 2050 g/mol. The second kappa shape index (κ2) is 41.1. The van der Waals surface area contributed by atoms with Crippen molar-refractivity contribution in [1.29, 1.82) is 0 Å². The van der Waals surface area contributed by atoms with Gasteiger partial charge in [0.1, 0.15) is 108 Å². The van der Waals surface area contributed by atoms with Crippen molar-refractivity contribution >= 4 is 133 Å². The molecule has 762 valence electrons. The zero-order chi connectivity index (χ0) is 100. The van der Waals surface area contributed by atoms with E-state index in [1.807, 2.05) is 45.9 Å². The third kappa shape index (κ3) is 20.0. The summed E-state index contributed by atoms with van der Waals surface area (Å²) in [6.45, 7) is 10.8. The lowest BCUT2D eigenvalue weighted by atomic mass is 9.72. The molecule has 1 unspecified atom stereocenters. The molecule has 21 rings (SSSR count). The van der Waals surface area contributed by atoms with E-state index < -0.39 is 127 Å². The van der Waals surface area contributed by atoms with E-state index in [0.717, 1.165) is 62.5 Å². The molecular formula is C99H116F4N24O13S4. The number of halogens is 4. The van der Waals surface area contributed by atoms with Crippen LogP contribution in [0.15, 0.2) is 61.1 Å². The molecule has 12 heterocycles. The van der Waals surface area contributed by atoms with Gasteiger partial charge in [0.05, 0.1) is 143 Å². The fourth-order valence-electron chi connectivity index (χ4n) is 21.9. The Balaban J connectivity index is 0.536. The summed E-state index contributed by atoms with van der Waals surface area (Å²) in [6.07, 6.45) is 3.81. The van der Waals surface area contributed by atoms with Crippen molar-refractivity contribution in [1.82, 2.24) is 79.7 Å². The first kappa shape index (κ1) is 99.1. The van der Waals surface area contributed by atoms with Gasteiger partial charge in [-0.2, -0.15) is 19.9 Å². The molecule has 8 aliphatic rings. The van der Waals surface area contributed by atoms with Gasteiger partial charge in [-0.05, 0) is 165 Å². The van der Waals surface area contributed by atoms with Crippen molar-refractivity contribution in [2.24, 2.45) is 46.8 Å². The molecule has 0 saturated heterocycles. The molecule has 0 amide bonds. The summed E-state index contributed by atoms with van der Waals surface area (Å²) in [6, 6.07) is 8.08. The Morgan fingerprint density at radius 2 is 0.882 bits per heavy atom. The Hall–Kier alpha value is -10.9. The summed E-state index contributed by atoms with van der Waals surface area (Å²) in [5.41, 5.74) is 9.12. The van der Waals surface area contributed by atoms with Crippen molar-refractivity contribution in [3.8, 4) is 48.2 Å². The maximum absolute atomic E-state index is 15.4. The molecule has 45 heteroatoms. The number of pyridine rings is 4. The summed E-state index contributed by atoms with van der Waals surface area (Å²) in [7, 11) is 1.70. The topological polar surface area (TPSA) is 521 Å². The van der Waals surface area contributed by atoms with Crippen LogP contribution in [0.25, 0.3) is 83.2 Å². The Morgan fingerprint density at radius 1 is 0.431 bits per heavy atom. The lowest BCUT2D eigenvalue weighted by Gasteiger charge is -2.36. The Labute approximate surface area is 841 Å². The third-order valence-corrected chi connectivity index (χ3v) is 34.2. The number of anilines is 8. The molecule has 13 aromatic rings. The number of rotatable bonds is 39. The van der Waals surface area contributed by atoms with E-state index in [9.17, 15) is 54.7 Å². The Kier molecular flexibility index (Phi) is 28.3. The van der Waals surface area contributed by atoms with E-state index in [1.54, 1.807) is 39.4 Å². The van der Waals surface area contributed by atoms with Crippen molar-refractivity contribution in [3.05, 3.63) is 124 Å². The van der Waals surface area contributed by atoms with Crippen LogP contribution in [0, 0.1) is 93.1 Å². The summed E-state index contributed by atoms with van der Waals surface area (Å²) in [5, 5.41) is 132. The summed E-state index contributed by atoms with van der Waals surface area (Å²) in [5.74, 6) is -4.15. The van der Waals surface area contributed by atoms with E-state index in [1.165, 1.54) is 83.3 Å². The number of benzene rings is 1. The van der Waals surface area contributed by atoms with Crippen molar-refractivity contribution in [3.63, 3.8) is 0 Å². The highest BCUT2D eigenvalue weighted by molar-refractivity contribution is 7.23. The second-order valence-electron chi connectivity index (χ2n) is 40.0. The molecule has 8 aliphatic carbocycles. The molecule has 12 aromatic heterocycles. The average molecular weight is 2050 g/mol. The van der Waals surface area contributed by atoms with Crippen LogP contribution in [0.3, 0.4) is 0 Å². The SMILES string of the molecule is CCc1cc2sc(-c3c(C)nc(NCc4c(F)cccc4F)nc3N[C@@H]3C[C@H](CO)[C@@H](Oc4nccc5sc(-c6c(C)nc(NCC7CC(F)(F)C7)nc6N[C@@H]6C[C@H](CO)[C@@H](OCc7nccc8sc(-c9c(C)nc(NCC%10CC(OC)C%10)nc9N[C@@H]9C[C@H](CO)[C@@H](O)[C@H]9O)nc78)[C@H]6O)nc45)[C@H]3O)nc2c(CCO[C@H]2C(Nc3nc(NCC4CC5(CC5)C4)nc(C)c3-c3nc4c(C)nccc4s3)C[C@H](CO)[C@H]2O)n1. The van der Waals surface area contributed by atoms with Gasteiger partial charge in [-0.1, -0.05) is 13.0 Å². The number of hydrogen-bond acceptors (Lipinski definition) is 41. The van der Waals surface area contributed by atoms with Crippen LogP contribution in [0.1, 0.15) is 135 Å². The van der Waals surface area contributed by atoms with Crippen LogP contribution in [0.2, 0.25) is 0 Å². The lowest BCUT2D eigenvalue weighted by Crippen LogP contribution is -2.39. The van der Waals surface area contributed by atoms with Crippen molar-refractivity contribution in [2.75, 3.05) is 102 Å². The summed E-state index contributed by atoms with van der Waals surface area (Å²) < 4.78 is 88.1. The predicted octanol–water partition coefficient (Wildman–Crippen LogP) is 12.1. The highest BCUT2D eigenvalue weighted by Crippen LogP contribution is 2.63. The predicted molar refractivity (Wildman–Crippen MR) is 538 cm³/mol. The first-order valence-corrected chi connectivity index (χ1v) is 52.5. The number of aliphatic hydroxyl groups excluding tert-OH is 9. The molecule has 0 aliphatic heterocycles. The minimum atomic E-state index is -2.79. The first-order chi connectivity index (χ1) is 69.6. The van der Waals surface area contributed by atoms with Crippen molar-refractivity contribution in [2.45, 2.75) is 230 Å². The van der Waals surface area contributed by atoms with Crippen LogP contribution in [-0.2, 0) is 40.2 Å². The normalized spacial score (nSPS) is 26.3. The number of aromatic nitrogens is 16. The fourth-order valence-corrected chi connectivity index (χ4v) is 26.3. The van der Waals surface area contributed by atoms with E-state index in [-0.39, 0.29) is 131 Å². The highest BCUT2D eigenvalue weighted by Gasteiger charge is 2.54. The molecule has 144 heavy (non-hydrogen) atoms. The second-order valence-corrected chi connectivity index (χ2v) is 44.1. The summed E-state index contributed by atoms with van der Waals surface area (Å²) >= 11 is 5.47. The van der Waals surface area contributed by atoms with Crippen LogP contribution < -0.4 is 47.3 Å². The largest absolute Gasteiger partial charge is 0.470 e. The molecule has 1 aromatic carbocycles. The molecule has 1 spiro atoms. The standard InChI is InChI=1S/C99H116F4N24O13S4/c1-8-54-28-68-74(59(115-54)15-21-138-84-63(25-51(38-129)78(84)133)119-88-72(90-120-73-46(6)104-18-12-65(73)141-90)45(5)113-95(127-88)108-34-48-29-98(30-48)16-17-98)121-92(144-68)70-43(3)114-97(110-36-56-57(100)10-9-11-58(56)101)126-86(70)118-62-27-53(40-131)83(81(62)136)140-89-76-67(14-20-106-89)143-93(123-76)71-44(4)112-96(109-35-49-31-99(102,103)32-49)125-87(71)117-61-26-52(39-130)82(80(61)135)139-41-64-75-66(13-19-105-64)142-91(122-75)69-42(2)111-94(107-33-47-22-55(23-47)137-7)124-85(69)116-60-24-50(37-128)77(132)79(60)134/h9-14,18-20,28,47-53,55,60-63,77-84,128-136H,8,15-17,21-27,29-41H2,1-7H3,(H2,107,111,116,124)(H2,108,113,119,127)(H2,109,112,117,125)(H2,110,114,118,126)/t47?,50-,51-,52-,53-,55?,60-,61-,62-,63?,77-,78-,79+,80+,81+,82-,83-,84+/m1/s1. The molecule has 0 bridgehead atoms. The van der Waals surface area contributed by atoms with E-state index in [0.29, 0.717) is 152 Å².